The Morgan fingerprint density at radius 2 is 1.96 bits per heavy atom. The Morgan fingerprint density at radius 3 is 2.73 bits per heavy atom. The minimum atomic E-state index is -0.475. The summed E-state index contributed by atoms with van der Waals surface area (Å²) in [4.78, 5) is 2.45. The van der Waals surface area contributed by atoms with Crippen molar-refractivity contribution in [1.82, 2.24) is 10.3 Å². The molecule has 0 saturated carbocycles. The van der Waals surface area contributed by atoms with E-state index in [4.69, 9.17) is 4.74 Å². The molecular weight excluding hydrogens is 324 g/mol. The first-order valence-electron chi connectivity index (χ1n) is 9.05. The number of nitrogens with one attached hydrogen (secondary N) is 2. The molecule has 2 aliphatic rings. The molecule has 0 amide bonds. The van der Waals surface area contributed by atoms with Crippen LogP contribution in [-0.2, 0) is 5.66 Å². The van der Waals surface area contributed by atoms with Crippen molar-refractivity contribution >= 4 is 11.9 Å². The Kier molecular flexibility index (Phi) is 4.63. The van der Waals surface area contributed by atoms with Gasteiger partial charge in [-0.15, -0.1) is 0 Å². The average molecular weight is 348 g/mol. The molecule has 1 fully saturated rings. The highest BCUT2D eigenvalue weighted by molar-refractivity contribution is 5.79. The Balaban J connectivity index is 1.72. The van der Waals surface area contributed by atoms with E-state index in [9.17, 15) is 0 Å². The van der Waals surface area contributed by atoms with Crippen molar-refractivity contribution in [1.29, 1.82) is 0 Å². The number of benzene rings is 2. The van der Waals surface area contributed by atoms with Crippen molar-refractivity contribution < 1.29 is 4.74 Å². The number of hydrazone groups is 1. The number of nitrogens with zero attached hydrogens (tertiary/aromatic N) is 2. The number of methoxy groups -OCH3 is 1. The first-order chi connectivity index (χ1) is 12.8. The normalized spacial score (nSPS) is 22.2. The van der Waals surface area contributed by atoms with Gasteiger partial charge in [-0.25, -0.2) is 0 Å². The Morgan fingerprint density at radius 1 is 1.15 bits per heavy atom. The molecule has 1 unspecified atom stereocenters. The molecule has 1 saturated heterocycles. The van der Waals surface area contributed by atoms with E-state index in [0.29, 0.717) is 0 Å². The van der Waals surface area contributed by atoms with Gasteiger partial charge in [-0.3, -0.25) is 10.3 Å². The highest BCUT2D eigenvalue weighted by Crippen LogP contribution is 2.39. The summed E-state index contributed by atoms with van der Waals surface area (Å²) < 4.78 is 5.47. The van der Waals surface area contributed by atoms with Crippen LogP contribution in [0.3, 0.4) is 0 Å². The molecule has 0 aromatic heterocycles. The maximum absolute atomic E-state index is 5.47. The molecule has 26 heavy (non-hydrogen) atoms. The van der Waals surface area contributed by atoms with Gasteiger partial charge in [0, 0.05) is 30.5 Å². The number of hydrogen-bond acceptors (Lipinski definition) is 5. The van der Waals surface area contributed by atoms with Gasteiger partial charge in [0.05, 0.1) is 13.3 Å². The van der Waals surface area contributed by atoms with Gasteiger partial charge in [-0.05, 0) is 42.7 Å². The predicted molar refractivity (Wildman–Crippen MR) is 105 cm³/mol. The summed E-state index contributed by atoms with van der Waals surface area (Å²) in [6, 6.07) is 16.3. The van der Waals surface area contributed by atoms with Gasteiger partial charge in [-0.2, -0.15) is 5.10 Å². The van der Waals surface area contributed by atoms with Gasteiger partial charge in [-0.1, -0.05) is 30.3 Å². The highest BCUT2D eigenvalue weighted by atomic mass is 16.5. The molecule has 0 aliphatic carbocycles. The highest BCUT2D eigenvalue weighted by Gasteiger charge is 2.41. The van der Waals surface area contributed by atoms with E-state index in [0.717, 1.165) is 35.7 Å². The first kappa shape index (κ1) is 16.7. The van der Waals surface area contributed by atoms with Crippen molar-refractivity contribution in [2.75, 3.05) is 25.5 Å². The predicted octanol–water partition coefficient (Wildman–Crippen LogP) is 3.51. The molecule has 5 nitrogen and oxygen atoms in total. The van der Waals surface area contributed by atoms with Gasteiger partial charge < -0.3 is 10.1 Å². The lowest BCUT2D eigenvalue weighted by atomic mass is 9.93. The third kappa shape index (κ3) is 3.06. The van der Waals surface area contributed by atoms with E-state index in [1.54, 1.807) is 7.11 Å². The monoisotopic (exact) mass is 348 g/mol. The molecular formula is C21H24N4O. The summed E-state index contributed by atoms with van der Waals surface area (Å²) in [6.07, 6.45) is 8.42. The molecule has 134 valence electrons. The van der Waals surface area contributed by atoms with Crippen LogP contribution in [0.5, 0.6) is 5.75 Å². The Labute approximate surface area is 154 Å². The lowest BCUT2D eigenvalue weighted by Crippen LogP contribution is -2.53. The number of likely N-dealkylation sites (tertiary alicyclic amines) is 1. The number of rotatable bonds is 5. The van der Waals surface area contributed by atoms with Crippen LogP contribution in [0.25, 0.3) is 0 Å². The van der Waals surface area contributed by atoms with Crippen LogP contribution in [0.1, 0.15) is 24.0 Å². The lowest BCUT2D eigenvalue weighted by Gasteiger charge is -2.42. The van der Waals surface area contributed by atoms with Gasteiger partial charge in [0.1, 0.15) is 5.75 Å². The second kappa shape index (κ2) is 7.22. The number of anilines is 1. The van der Waals surface area contributed by atoms with Crippen LogP contribution in [0, 0.1) is 0 Å². The molecule has 0 radical (unpaired) electrons. The molecule has 2 heterocycles. The van der Waals surface area contributed by atoms with E-state index < -0.39 is 5.66 Å². The Hall–Kier alpha value is -2.79. The molecule has 0 spiro atoms. The van der Waals surface area contributed by atoms with E-state index in [1.807, 2.05) is 48.8 Å². The lowest BCUT2D eigenvalue weighted by molar-refractivity contribution is 0.127. The second-order valence-electron chi connectivity index (χ2n) is 6.63. The maximum atomic E-state index is 5.47. The average Bonchev–Trinajstić information content (AvgIpc) is 3.24. The second-order valence-corrected chi connectivity index (χ2v) is 6.63. The van der Waals surface area contributed by atoms with E-state index in [1.165, 1.54) is 12.8 Å². The molecule has 0 bridgehead atoms. The van der Waals surface area contributed by atoms with Crippen molar-refractivity contribution in [2.24, 2.45) is 5.10 Å². The van der Waals surface area contributed by atoms with Crippen molar-refractivity contribution in [3.8, 4) is 5.75 Å². The van der Waals surface area contributed by atoms with Crippen LogP contribution in [0.15, 0.2) is 65.9 Å². The molecule has 2 aromatic carbocycles. The van der Waals surface area contributed by atoms with Crippen LogP contribution < -0.4 is 15.5 Å². The van der Waals surface area contributed by atoms with Gasteiger partial charge in [0.25, 0.3) is 0 Å². The smallest absolute Gasteiger partial charge is 0.156 e. The van der Waals surface area contributed by atoms with E-state index >= 15 is 0 Å². The van der Waals surface area contributed by atoms with Crippen molar-refractivity contribution in [3.05, 3.63) is 71.9 Å². The van der Waals surface area contributed by atoms with Gasteiger partial charge in [0.15, 0.2) is 5.66 Å². The SMILES string of the molecule is COc1ccc2c(c1)C(N/N=C/c1ccccc1)(N1CCCC1)C=CN2. The maximum Gasteiger partial charge on any atom is 0.156 e. The molecule has 4 rings (SSSR count). The summed E-state index contributed by atoms with van der Waals surface area (Å²) in [5.41, 5.74) is 6.24. The van der Waals surface area contributed by atoms with Crippen LogP contribution in [-0.4, -0.2) is 31.3 Å². The van der Waals surface area contributed by atoms with Gasteiger partial charge >= 0.3 is 0 Å². The van der Waals surface area contributed by atoms with Gasteiger partial charge in [0.2, 0.25) is 0 Å². The Bertz CT molecular complexity index is 812. The zero-order valence-corrected chi connectivity index (χ0v) is 15.0. The van der Waals surface area contributed by atoms with Crippen LogP contribution >= 0.6 is 0 Å². The minimum Gasteiger partial charge on any atom is -0.497 e. The van der Waals surface area contributed by atoms with Crippen molar-refractivity contribution in [3.63, 3.8) is 0 Å². The summed E-state index contributed by atoms with van der Waals surface area (Å²) >= 11 is 0. The zero-order chi connectivity index (χ0) is 17.8. The standard InChI is InChI=1S/C21H24N4O/c1-26-18-9-10-20-19(15-18)21(11-12-22-20,25-13-5-6-14-25)24-23-16-17-7-3-2-4-8-17/h2-4,7-12,15-16,22,24H,5-6,13-14H2,1H3/b23-16+. The van der Waals surface area contributed by atoms with Crippen LogP contribution in [0.4, 0.5) is 5.69 Å². The minimum absolute atomic E-state index is 0.475. The largest absolute Gasteiger partial charge is 0.497 e. The summed E-state index contributed by atoms with van der Waals surface area (Å²) in [6.45, 7) is 2.07. The molecule has 1 atom stereocenters. The molecule has 2 N–H and O–H groups in total. The fourth-order valence-corrected chi connectivity index (χ4v) is 3.69. The molecule has 2 aliphatic heterocycles. The quantitative estimate of drug-likeness (QED) is 0.641. The summed E-state index contributed by atoms with van der Waals surface area (Å²) in [7, 11) is 1.70. The third-order valence-electron chi connectivity index (χ3n) is 5.05. The third-order valence-corrected chi connectivity index (χ3v) is 5.05. The fourth-order valence-electron chi connectivity index (χ4n) is 3.69. The molecule has 5 heteroatoms. The number of fused-ring (bicyclic) bond motifs is 1. The number of hydrogen-bond donors (Lipinski definition) is 2. The number of ether oxygens (including phenoxy) is 1. The van der Waals surface area contributed by atoms with E-state index in [-0.39, 0.29) is 0 Å². The van der Waals surface area contributed by atoms with Crippen LogP contribution in [0.2, 0.25) is 0 Å². The zero-order valence-electron chi connectivity index (χ0n) is 15.0. The fraction of sp³-hybridized carbons (Fsp3) is 0.286. The topological polar surface area (TPSA) is 48.9 Å². The summed E-state index contributed by atoms with van der Waals surface area (Å²) in [5.74, 6) is 0.846. The summed E-state index contributed by atoms with van der Waals surface area (Å²) in [5, 5.41) is 7.95. The molecule has 2 aromatic rings. The van der Waals surface area contributed by atoms with E-state index in [2.05, 4.69) is 39.0 Å². The first-order valence-corrected chi connectivity index (χ1v) is 9.05. The van der Waals surface area contributed by atoms with Crippen molar-refractivity contribution in [2.45, 2.75) is 18.5 Å².